The Hall–Kier alpha value is -4.66. The van der Waals surface area contributed by atoms with Crippen LogP contribution in [-0.4, -0.2) is 46.1 Å². The number of esters is 1. The van der Waals surface area contributed by atoms with Crippen LogP contribution in [-0.2, 0) is 9.53 Å². The molecule has 4 aromatic rings. The summed E-state index contributed by atoms with van der Waals surface area (Å²) in [5.41, 5.74) is 2.63. The normalized spacial score (nSPS) is 15.1. The van der Waals surface area contributed by atoms with Crippen LogP contribution in [0.2, 0.25) is 0 Å². The first-order chi connectivity index (χ1) is 17.1. The van der Waals surface area contributed by atoms with Gasteiger partial charge < -0.3 is 13.9 Å². The fourth-order valence-electron chi connectivity index (χ4n) is 3.83. The molecule has 0 fully saturated rings. The van der Waals surface area contributed by atoms with Gasteiger partial charge >= 0.3 is 5.97 Å². The number of aromatic nitrogens is 2. The lowest BCUT2D eigenvalue weighted by molar-refractivity contribution is -0.136. The summed E-state index contributed by atoms with van der Waals surface area (Å²) in [6, 6.07) is 19.9. The number of nitrogens with zero attached hydrogens (tertiary/aromatic N) is 4. The van der Waals surface area contributed by atoms with Crippen LogP contribution in [0.25, 0.3) is 5.69 Å². The molecule has 0 N–H and O–H groups in total. The fraction of sp³-hybridized carbons (Fsp3) is 0.154. The van der Waals surface area contributed by atoms with E-state index in [0.717, 1.165) is 22.7 Å². The van der Waals surface area contributed by atoms with Gasteiger partial charge in [0.1, 0.15) is 17.6 Å². The lowest BCUT2D eigenvalue weighted by atomic mass is 10.0. The molecule has 1 aliphatic heterocycles. The number of hydrogen-bond donors (Lipinski definition) is 0. The molecule has 35 heavy (non-hydrogen) atoms. The lowest BCUT2D eigenvalue weighted by Crippen LogP contribution is -2.31. The molecule has 3 heterocycles. The summed E-state index contributed by atoms with van der Waals surface area (Å²) < 4.78 is 17.6. The van der Waals surface area contributed by atoms with Gasteiger partial charge in [0, 0.05) is 12.6 Å². The van der Waals surface area contributed by atoms with Crippen LogP contribution in [0.1, 0.15) is 34.1 Å². The quantitative estimate of drug-likeness (QED) is 0.379. The molecular weight excluding hydrogens is 448 g/mol. The van der Waals surface area contributed by atoms with E-state index in [2.05, 4.69) is 10.2 Å². The number of benzene rings is 2. The molecule has 176 valence electrons. The van der Waals surface area contributed by atoms with Crippen molar-refractivity contribution in [1.29, 1.82) is 0 Å². The van der Waals surface area contributed by atoms with Crippen LogP contribution in [0, 0.1) is 0 Å². The van der Waals surface area contributed by atoms with Crippen molar-refractivity contribution in [3.8, 4) is 11.4 Å². The van der Waals surface area contributed by atoms with Crippen molar-refractivity contribution < 1.29 is 23.5 Å². The molecular formula is C26H22N4O5. The van der Waals surface area contributed by atoms with Crippen molar-refractivity contribution >= 4 is 17.6 Å². The Kier molecular flexibility index (Phi) is 6.13. The average molecular weight is 470 g/mol. The highest BCUT2D eigenvalue weighted by molar-refractivity contribution is 6.03. The van der Waals surface area contributed by atoms with E-state index in [1.54, 1.807) is 36.4 Å². The molecule has 0 saturated carbocycles. The SMILES string of the molecule is COc1ccc(C2=NN(C(=O)COC(=O)c3cnn(-c4ccccc4)c3)C(c3ccco3)C2)cc1. The van der Waals surface area contributed by atoms with E-state index in [4.69, 9.17) is 13.9 Å². The molecule has 1 unspecified atom stereocenters. The summed E-state index contributed by atoms with van der Waals surface area (Å²) in [7, 11) is 1.60. The smallest absolute Gasteiger partial charge is 0.341 e. The largest absolute Gasteiger partial charge is 0.497 e. The maximum atomic E-state index is 13.0. The van der Waals surface area contributed by atoms with Crippen LogP contribution in [0.15, 0.2) is 94.9 Å². The van der Waals surface area contributed by atoms with E-state index in [0.29, 0.717) is 12.2 Å². The van der Waals surface area contributed by atoms with Gasteiger partial charge in [0.2, 0.25) is 0 Å². The van der Waals surface area contributed by atoms with Gasteiger partial charge in [0.05, 0.1) is 36.5 Å². The molecule has 1 atom stereocenters. The summed E-state index contributed by atoms with van der Waals surface area (Å²) in [6.45, 7) is -0.466. The number of hydrogen-bond acceptors (Lipinski definition) is 7. The Morgan fingerprint density at radius 3 is 2.57 bits per heavy atom. The van der Waals surface area contributed by atoms with Crippen LogP contribution in [0.5, 0.6) is 5.75 Å². The first-order valence-corrected chi connectivity index (χ1v) is 11.0. The summed E-state index contributed by atoms with van der Waals surface area (Å²) >= 11 is 0. The van der Waals surface area contributed by atoms with E-state index in [9.17, 15) is 9.59 Å². The zero-order valence-electron chi connectivity index (χ0n) is 18.9. The highest BCUT2D eigenvalue weighted by atomic mass is 16.5. The summed E-state index contributed by atoms with van der Waals surface area (Å²) in [5, 5.41) is 10.0. The number of para-hydroxylation sites is 1. The van der Waals surface area contributed by atoms with Crippen molar-refractivity contribution in [2.75, 3.05) is 13.7 Å². The lowest BCUT2D eigenvalue weighted by Gasteiger charge is -2.19. The number of furan rings is 1. The van der Waals surface area contributed by atoms with Crippen LogP contribution < -0.4 is 4.74 Å². The monoisotopic (exact) mass is 470 g/mol. The number of rotatable bonds is 7. The molecule has 9 heteroatoms. The number of methoxy groups -OCH3 is 1. The van der Waals surface area contributed by atoms with Gasteiger partial charge in [-0.25, -0.2) is 14.5 Å². The zero-order chi connectivity index (χ0) is 24.2. The van der Waals surface area contributed by atoms with Crippen LogP contribution >= 0.6 is 0 Å². The van der Waals surface area contributed by atoms with Crippen LogP contribution in [0.4, 0.5) is 0 Å². The highest BCUT2D eigenvalue weighted by Gasteiger charge is 2.35. The van der Waals surface area contributed by atoms with Crippen molar-refractivity contribution in [3.63, 3.8) is 0 Å². The minimum absolute atomic E-state index is 0.244. The number of hydrazone groups is 1. The molecule has 0 saturated heterocycles. The van der Waals surface area contributed by atoms with E-state index >= 15 is 0 Å². The van der Waals surface area contributed by atoms with Gasteiger partial charge in [0.15, 0.2) is 6.61 Å². The van der Waals surface area contributed by atoms with Crippen molar-refractivity contribution in [2.24, 2.45) is 5.10 Å². The zero-order valence-corrected chi connectivity index (χ0v) is 18.9. The second-order valence-electron chi connectivity index (χ2n) is 7.83. The van der Waals surface area contributed by atoms with Gasteiger partial charge in [-0.05, 0) is 54.1 Å². The summed E-state index contributed by atoms with van der Waals surface area (Å²) in [4.78, 5) is 25.6. The minimum atomic E-state index is -0.645. The highest BCUT2D eigenvalue weighted by Crippen LogP contribution is 2.33. The van der Waals surface area contributed by atoms with E-state index in [-0.39, 0.29) is 5.56 Å². The van der Waals surface area contributed by atoms with Crippen molar-refractivity contribution in [3.05, 3.63) is 102 Å². The third-order valence-electron chi connectivity index (χ3n) is 5.63. The molecule has 0 bridgehead atoms. The maximum absolute atomic E-state index is 13.0. The molecule has 2 aromatic heterocycles. The molecule has 0 aliphatic carbocycles. The number of carbonyl (C=O) groups is 2. The second kappa shape index (κ2) is 9.68. The van der Waals surface area contributed by atoms with Crippen molar-refractivity contribution in [2.45, 2.75) is 12.5 Å². The summed E-state index contributed by atoms with van der Waals surface area (Å²) in [6.07, 6.45) is 4.97. The van der Waals surface area contributed by atoms with Crippen LogP contribution in [0.3, 0.4) is 0 Å². The number of amides is 1. The van der Waals surface area contributed by atoms with E-state index in [1.165, 1.54) is 11.2 Å². The Morgan fingerprint density at radius 2 is 1.86 bits per heavy atom. The maximum Gasteiger partial charge on any atom is 0.341 e. The number of carbonyl (C=O) groups excluding carboxylic acids is 2. The summed E-state index contributed by atoms with van der Waals surface area (Å²) in [5.74, 6) is 0.221. The topological polar surface area (TPSA) is 99.2 Å². The van der Waals surface area contributed by atoms with E-state index in [1.807, 2.05) is 54.6 Å². The predicted octanol–water partition coefficient (Wildman–Crippen LogP) is 4.01. The standard InChI is InChI=1S/C26H22N4O5/c1-33-21-11-9-18(10-12-21)22-14-23(24-8-5-13-34-24)30(28-22)25(31)17-35-26(32)19-15-27-29(16-19)20-6-3-2-4-7-20/h2-13,15-16,23H,14,17H2,1H3. The molecule has 0 radical (unpaired) electrons. The molecule has 9 nitrogen and oxygen atoms in total. The fourth-order valence-corrected chi connectivity index (χ4v) is 3.83. The Balaban J connectivity index is 1.29. The molecule has 5 rings (SSSR count). The van der Waals surface area contributed by atoms with Gasteiger partial charge in [-0.1, -0.05) is 18.2 Å². The number of ether oxygens (including phenoxy) is 2. The molecule has 2 aromatic carbocycles. The van der Waals surface area contributed by atoms with Gasteiger partial charge in [0.25, 0.3) is 5.91 Å². The average Bonchev–Trinajstić information content (AvgIpc) is 3.68. The third-order valence-corrected chi connectivity index (χ3v) is 5.63. The molecule has 1 amide bonds. The van der Waals surface area contributed by atoms with Gasteiger partial charge in [-0.2, -0.15) is 10.2 Å². The predicted molar refractivity (Wildman–Crippen MR) is 126 cm³/mol. The van der Waals surface area contributed by atoms with Crippen molar-refractivity contribution in [1.82, 2.24) is 14.8 Å². The Morgan fingerprint density at radius 1 is 1.06 bits per heavy atom. The Bertz CT molecular complexity index is 1340. The first kappa shape index (κ1) is 22.1. The van der Waals surface area contributed by atoms with Gasteiger partial charge in [-0.3, -0.25) is 4.79 Å². The van der Waals surface area contributed by atoms with Gasteiger partial charge in [-0.15, -0.1) is 0 Å². The second-order valence-corrected chi connectivity index (χ2v) is 7.83. The Labute approximate surface area is 201 Å². The van der Waals surface area contributed by atoms with E-state index < -0.39 is 24.5 Å². The minimum Gasteiger partial charge on any atom is -0.497 e. The first-order valence-electron chi connectivity index (χ1n) is 11.0. The molecule has 1 aliphatic rings. The molecule has 0 spiro atoms. The third kappa shape index (κ3) is 4.70.